The molecule has 0 atom stereocenters. The number of hydrogen-bond acceptors (Lipinski definition) is 2. The van der Waals surface area contributed by atoms with Crippen LogP contribution in [0.1, 0.15) is 23.6 Å². The van der Waals surface area contributed by atoms with Crippen molar-refractivity contribution >= 4 is 11.7 Å². The number of hydrogen-bond donors (Lipinski definition) is 1. The summed E-state index contributed by atoms with van der Waals surface area (Å²) in [6.45, 7) is 8.13. The second-order valence-corrected chi connectivity index (χ2v) is 6.60. The van der Waals surface area contributed by atoms with Crippen LogP contribution >= 0.6 is 0 Å². The van der Waals surface area contributed by atoms with Gasteiger partial charge in [0.2, 0.25) is 0 Å². The molecule has 2 aromatic rings. The van der Waals surface area contributed by atoms with E-state index in [1.54, 1.807) is 0 Å². The molecule has 1 heterocycles. The maximum absolute atomic E-state index is 12.4. The SMILES string of the molecule is CCc1ccccc1N1CCN(C(=O)NCc2cccc(C)c2)CC1. The number of piperazine rings is 1. The molecular formula is C21H27N3O. The molecule has 0 aromatic heterocycles. The van der Waals surface area contributed by atoms with E-state index in [0.717, 1.165) is 38.2 Å². The molecule has 0 saturated carbocycles. The maximum Gasteiger partial charge on any atom is 0.317 e. The van der Waals surface area contributed by atoms with E-state index in [2.05, 4.69) is 60.5 Å². The van der Waals surface area contributed by atoms with Crippen molar-refractivity contribution in [2.45, 2.75) is 26.8 Å². The van der Waals surface area contributed by atoms with Crippen molar-refractivity contribution in [1.82, 2.24) is 10.2 Å². The summed E-state index contributed by atoms with van der Waals surface area (Å²) in [5, 5.41) is 3.04. The van der Waals surface area contributed by atoms with Gasteiger partial charge in [0.05, 0.1) is 0 Å². The quantitative estimate of drug-likeness (QED) is 0.925. The van der Waals surface area contributed by atoms with Gasteiger partial charge in [-0.2, -0.15) is 0 Å². The molecule has 4 nitrogen and oxygen atoms in total. The van der Waals surface area contributed by atoms with Gasteiger partial charge >= 0.3 is 6.03 Å². The van der Waals surface area contributed by atoms with Gasteiger partial charge in [-0.05, 0) is 30.5 Å². The molecule has 0 radical (unpaired) electrons. The number of para-hydroxylation sites is 1. The third kappa shape index (κ3) is 4.32. The predicted molar refractivity (Wildman–Crippen MR) is 103 cm³/mol. The number of aryl methyl sites for hydroxylation is 2. The molecule has 132 valence electrons. The zero-order valence-electron chi connectivity index (χ0n) is 15.2. The van der Waals surface area contributed by atoms with Crippen molar-refractivity contribution in [3.8, 4) is 0 Å². The third-order valence-electron chi connectivity index (χ3n) is 4.81. The number of carbonyl (C=O) groups excluding carboxylic acids is 1. The molecule has 2 aromatic carbocycles. The highest BCUT2D eigenvalue weighted by Gasteiger charge is 2.22. The number of amides is 2. The highest BCUT2D eigenvalue weighted by Crippen LogP contribution is 2.22. The normalized spacial score (nSPS) is 14.5. The highest BCUT2D eigenvalue weighted by atomic mass is 16.2. The minimum absolute atomic E-state index is 0.0323. The molecule has 0 spiro atoms. The van der Waals surface area contributed by atoms with Crippen LogP contribution in [0.5, 0.6) is 0 Å². The molecule has 1 N–H and O–H groups in total. The molecule has 0 bridgehead atoms. The summed E-state index contributed by atoms with van der Waals surface area (Å²) in [7, 11) is 0. The van der Waals surface area contributed by atoms with E-state index in [4.69, 9.17) is 0 Å². The first-order valence-corrected chi connectivity index (χ1v) is 9.08. The first-order chi connectivity index (χ1) is 12.2. The van der Waals surface area contributed by atoms with Gasteiger partial charge in [-0.1, -0.05) is 55.0 Å². The molecule has 0 aliphatic carbocycles. The van der Waals surface area contributed by atoms with Gasteiger partial charge in [0.1, 0.15) is 0 Å². The Kier molecular flexibility index (Phi) is 5.59. The molecule has 1 aliphatic rings. The topological polar surface area (TPSA) is 35.6 Å². The van der Waals surface area contributed by atoms with Crippen LogP contribution in [0.3, 0.4) is 0 Å². The smallest absolute Gasteiger partial charge is 0.317 e. The molecular weight excluding hydrogens is 310 g/mol. The van der Waals surface area contributed by atoms with Crippen LogP contribution in [0.15, 0.2) is 48.5 Å². The van der Waals surface area contributed by atoms with Gasteiger partial charge < -0.3 is 15.1 Å². The zero-order valence-corrected chi connectivity index (χ0v) is 15.2. The van der Waals surface area contributed by atoms with Crippen LogP contribution < -0.4 is 10.2 Å². The van der Waals surface area contributed by atoms with Crippen LogP contribution in [0.4, 0.5) is 10.5 Å². The molecule has 2 amide bonds. The first kappa shape index (κ1) is 17.3. The summed E-state index contributed by atoms with van der Waals surface area (Å²) in [6, 6.07) is 16.9. The number of benzene rings is 2. The van der Waals surface area contributed by atoms with E-state index < -0.39 is 0 Å². The Morgan fingerprint density at radius 1 is 1.04 bits per heavy atom. The Hall–Kier alpha value is -2.49. The molecule has 4 heteroatoms. The van der Waals surface area contributed by atoms with E-state index in [0.29, 0.717) is 6.54 Å². The Bertz CT molecular complexity index is 721. The number of nitrogens with zero attached hydrogens (tertiary/aromatic N) is 2. The van der Waals surface area contributed by atoms with E-state index in [1.165, 1.54) is 16.8 Å². The van der Waals surface area contributed by atoms with Crippen LogP contribution in [0.25, 0.3) is 0 Å². The van der Waals surface area contributed by atoms with Crippen molar-refractivity contribution in [2.75, 3.05) is 31.1 Å². The number of urea groups is 1. The number of rotatable bonds is 4. The molecule has 25 heavy (non-hydrogen) atoms. The number of nitrogens with one attached hydrogen (secondary N) is 1. The van der Waals surface area contributed by atoms with Gasteiger partial charge in [0.15, 0.2) is 0 Å². The summed E-state index contributed by atoms with van der Waals surface area (Å²) < 4.78 is 0. The predicted octanol–water partition coefficient (Wildman–Crippen LogP) is 3.59. The van der Waals surface area contributed by atoms with Crippen LogP contribution in [0.2, 0.25) is 0 Å². The van der Waals surface area contributed by atoms with Crippen molar-refractivity contribution < 1.29 is 4.79 Å². The van der Waals surface area contributed by atoms with Gasteiger partial charge in [0.25, 0.3) is 0 Å². The zero-order chi connectivity index (χ0) is 17.6. The average molecular weight is 337 g/mol. The number of anilines is 1. The Morgan fingerprint density at radius 3 is 2.52 bits per heavy atom. The van der Waals surface area contributed by atoms with E-state index >= 15 is 0 Å². The fourth-order valence-corrected chi connectivity index (χ4v) is 3.38. The highest BCUT2D eigenvalue weighted by molar-refractivity contribution is 5.74. The minimum atomic E-state index is 0.0323. The third-order valence-corrected chi connectivity index (χ3v) is 4.81. The molecule has 1 aliphatic heterocycles. The summed E-state index contributed by atoms with van der Waals surface area (Å²) in [6.07, 6.45) is 1.04. The summed E-state index contributed by atoms with van der Waals surface area (Å²) in [5.74, 6) is 0. The Balaban J connectivity index is 1.52. The number of carbonyl (C=O) groups is 1. The minimum Gasteiger partial charge on any atom is -0.368 e. The van der Waals surface area contributed by atoms with Crippen molar-refractivity contribution in [1.29, 1.82) is 0 Å². The van der Waals surface area contributed by atoms with Crippen LogP contribution in [-0.4, -0.2) is 37.1 Å². The van der Waals surface area contributed by atoms with Gasteiger partial charge in [-0.25, -0.2) is 4.79 Å². The fraction of sp³-hybridized carbons (Fsp3) is 0.381. The summed E-state index contributed by atoms with van der Waals surface area (Å²) in [4.78, 5) is 16.7. The molecule has 0 unspecified atom stereocenters. The standard InChI is InChI=1S/C21H27N3O/c1-3-19-9-4-5-10-20(19)23-11-13-24(14-12-23)21(25)22-16-18-8-6-7-17(2)15-18/h4-10,15H,3,11-14,16H2,1-2H3,(H,22,25). The second kappa shape index (κ2) is 8.06. The van der Waals surface area contributed by atoms with Crippen LogP contribution in [0, 0.1) is 6.92 Å². The average Bonchev–Trinajstić information content (AvgIpc) is 2.66. The monoisotopic (exact) mass is 337 g/mol. The maximum atomic E-state index is 12.4. The Labute approximate surface area is 150 Å². The van der Waals surface area contributed by atoms with Gasteiger partial charge in [-0.3, -0.25) is 0 Å². The Morgan fingerprint density at radius 2 is 1.80 bits per heavy atom. The van der Waals surface area contributed by atoms with E-state index in [1.807, 2.05) is 17.0 Å². The van der Waals surface area contributed by atoms with Crippen LogP contribution in [-0.2, 0) is 13.0 Å². The van der Waals surface area contributed by atoms with E-state index in [9.17, 15) is 4.79 Å². The second-order valence-electron chi connectivity index (χ2n) is 6.60. The van der Waals surface area contributed by atoms with Crippen molar-refractivity contribution in [3.05, 3.63) is 65.2 Å². The molecule has 1 fully saturated rings. The van der Waals surface area contributed by atoms with Gasteiger partial charge in [0, 0.05) is 38.4 Å². The summed E-state index contributed by atoms with van der Waals surface area (Å²) >= 11 is 0. The molecule has 1 saturated heterocycles. The lowest BCUT2D eigenvalue weighted by molar-refractivity contribution is 0.194. The van der Waals surface area contributed by atoms with E-state index in [-0.39, 0.29) is 6.03 Å². The largest absolute Gasteiger partial charge is 0.368 e. The molecule has 3 rings (SSSR count). The lowest BCUT2D eigenvalue weighted by atomic mass is 10.1. The summed E-state index contributed by atoms with van der Waals surface area (Å²) in [5.41, 5.74) is 5.04. The van der Waals surface area contributed by atoms with Gasteiger partial charge in [-0.15, -0.1) is 0 Å². The van der Waals surface area contributed by atoms with Crippen molar-refractivity contribution in [3.63, 3.8) is 0 Å². The first-order valence-electron chi connectivity index (χ1n) is 9.08. The lowest BCUT2D eigenvalue weighted by Crippen LogP contribution is -2.51. The van der Waals surface area contributed by atoms with Crippen molar-refractivity contribution in [2.24, 2.45) is 0 Å². The lowest BCUT2D eigenvalue weighted by Gasteiger charge is -2.37. The fourth-order valence-electron chi connectivity index (χ4n) is 3.38.